The van der Waals surface area contributed by atoms with Gasteiger partial charge in [-0.25, -0.2) is 4.79 Å². The van der Waals surface area contributed by atoms with E-state index < -0.39 is 5.60 Å². The molecule has 0 aromatic heterocycles. The third kappa shape index (κ3) is 4.00. The van der Waals surface area contributed by atoms with E-state index in [1.165, 1.54) is 0 Å². The number of carbonyl (C=O) groups excluding carboxylic acids is 1. The molecule has 1 rings (SSSR count). The van der Waals surface area contributed by atoms with Gasteiger partial charge in [-0.05, 0) is 45.7 Å². The summed E-state index contributed by atoms with van der Waals surface area (Å²) in [6.07, 6.45) is 1.68. The summed E-state index contributed by atoms with van der Waals surface area (Å²) in [5.74, 6) is 0.311. The largest absolute Gasteiger partial charge is 0.443 e. The summed E-state index contributed by atoms with van der Waals surface area (Å²) in [4.78, 5) is 11.7. The minimum absolute atomic E-state index is 0.261. The molecule has 0 spiro atoms. The lowest BCUT2D eigenvalue weighted by atomic mass is 9.95. The van der Waals surface area contributed by atoms with Crippen LogP contribution in [-0.2, 0) is 4.74 Å². The molecule has 1 aliphatic rings. The summed E-state index contributed by atoms with van der Waals surface area (Å²) < 4.78 is 5.43. The van der Waals surface area contributed by atoms with E-state index in [0.717, 1.165) is 25.9 Å². The summed E-state index contributed by atoms with van der Waals surface area (Å²) in [5.41, 5.74) is -0.406. The van der Waals surface area contributed by atoms with Crippen LogP contribution in [0, 0.1) is 5.92 Å². The molecule has 94 valence electrons. The fourth-order valence-electron chi connectivity index (χ4n) is 1.52. The van der Waals surface area contributed by atoms with Crippen molar-refractivity contribution in [1.29, 1.82) is 0 Å². The average Bonchev–Trinajstić information content (AvgIpc) is 2.17. The zero-order chi connectivity index (χ0) is 12.2. The van der Waals surface area contributed by atoms with Gasteiger partial charge in [0.15, 0.2) is 0 Å². The summed E-state index contributed by atoms with van der Waals surface area (Å²) in [6, 6.07) is 0.261. The Bertz CT molecular complexity index is 233. The van der Waals surface area contributed by atoms with E-state index in [2.05, 4.69) is 24.5 Å². The molecule has 1 amide bonds. The van der Waals surface area contributed by atoms with Crippen LogP contribution in [0.4, 0.5) is 4.79 Å². The molecule has 0 aromatic rings. The maximum absolute atomic E-state index is 11.7. The molecule has 4 nitrogen and oxygen atoms in total. The smallest absolute Gasteiger partial charge is 0.407 e. The number of piperidine rings is 1. The van der Waals surface area contributed by atoms with Crippen molar-refractivity contribution in [3.05, 3.63) is 0 Å². The molecule has 0 atom stereocenters. The van der Waals surface area contributed by atoms with Gasteiger partial charge in [0.25, 0.3) is 0 Å². The Hall–Kier alpha value is -0.770. The van der Waals surface area contributed by atoms with E-state index >= 15 is 0 Å². The molecule has 0 radical (unpaired) electrons. The average molecular weight is 228 g/mol. The molecule has 4 heteroatoms. The number of hydrogen-bond acceptors (Lipinski definition) is 3. The van der Waals surface area contributed by atoms with Gasteiger partial charge in [0, 0.05) is 6.04 Å². The molecule has 16 heavy (non-hydrogen) atoms. The summed E-state index contributed by atoms with van der Waals surface area (Å²) in [5, 5.41) is 6.19. The zero-order valence-corrected chi connectivity index (χ0v) is 10.8. The maximum atomic E-state index is 11.7. The van der Waals surface area contributed by atoms with Crippen molar-refractivity contribution in [3.8, 4) is 0 Å². The second-order valence-electron chi connectivity index (χ2n) is 5.32. The van der Waals surface area contributed by atoms with Gasteiger partial charge in [-0.1, -0.05) is 13.8 Å². The van der Waals surface area contributed by atoms with Crippen LogP contribution in [0.1, 0.15) is 40.5 Å². The fourth-order valence-corrected chi connectivity index (χ4v) is 1.52. The lowest BCUT2D eigenvalue weighted by molar-refractivity contribution is 0.00314. The third-order valence-corrected chi connectivity index (χ3v) is 3.41. The number of nitrogens with one attached hydrogen (secondary N) is 2. The van der Waals surface area contributed by atoms with Crippen molar-refractivity contribution < 1.29 is 9.53 Å². The Morgan fingerprint density at radius 3 is 2.44 bits per heavy atom. The molecule has 0 saturated carbocycles. The quantitative estimate of drug-likeness (QED) is 0.775. The Balaban J connectivity index is 2.34. The highest BCUT2D eigenvalue weighted by Crippen LogP contribution is 2.20. The first kappa shape index (κ1) is 13.3. The van der Waals surface area contributed by atoms with Gasteiger partial charge >= 0.3 is 6.09 Å². The fraction of sp³-hybridized carbons (Fsp3) is 0.917. The first-order chi connectivity index (χ1) is 7.42. The summed E-state index contributed by atoms with van der Waals surface area (Å²) >= 11 is 0. The van der Waals surface area contributed by atoms with Crippen LogP contribution in [0.2, 0.25) is 0 Å². The zero-order valence-electron chi connectivity index (χ0n) is 10.8. The van der Waals surface area contributed by atoms with Crippen LogP contribution in [0.25, 0.3) is 0 Å². The first-order valence-electron chi connectivity index (χ1n) is 6.12. The molecule has 0 aromatic carbocycles. The Morgan fingerprint density at radius 1 is 1.38 bits per heavy atom. The van der Waals surface area contributed by atoms with Gasteiger partial charge in [0.1, 0.15) is 5.60 Å². The molecule has 0 aliphatic carbocycles. The standard InChI is InChI=1S/C12H24N2O2/c1-9(2)12(3,4)16-11(15)14-10-5-7-13-8-6-10/h9-10,13H,5-8H2,1-4H3,(H,14,15). The predicted octanol–water partition coefficient (Wildman–Crippen LogP) is 1.90. The molecule has 1 saturated heterocycles. The van der Waals surface area contributed by atoms with Gasteiger partial charge in [0.05, 0.1) is 0 Å². The molecule has 2 N–H and O–H groups in total. The number of rotatable bonds is 3. The van der Waals surface area contributed by atoms with Crippen LogP contribution >= 0.6 is 0 Å². The number of alkyl carbamates (subject to hydrolysis) is 1. The summed E-state index contributed by atoms with van der Waals surface area (Å²) in [6.45, 7) is 9.94. The van der Waals surface area contributed by atoms with Crippen LogP contribution in [0.5, 0.6) is 0 Å². The van der Waals surface area contributed by atoms with Gasteiger partial charge < -0.3 is 15.4 Å². The maximum Gasteiger partial charge on any atom is 0.407 e. The Labute approximate surface area is 98.1 Å². The number of amides is 1. The van der Waals surface area contributed by atoms with Gasteiger partial charge in [-0.15, -0.1) is 0 Å². The van der Waals surface area contributed by atoms with Gasteiger partial charge in [-0.3, -0.25) is 0 Å². The van der Waals surface area contributed by atoms with Crippen molar-refractivity contribution in [2.75, 3.05) is 13.1 Å². The van der Waals surface area contributed by atoms with Crippen LogP contribution in [0.15, 0.2) is 0 Å². The number of hydrogen-bond donors (Lipinski definition) is 2. The van der Waals surface area contributed by atoms with Crippen molar-refractivity contribution >= 4 is 6.09 Å². The van der Waals surface area contributed by atoms with E-state index in [-0.39, 0.29) is 12.1 Å². The monoisotopic (exact) mass is 228 g/mol. The van der Waals surface area contributed by atoms with Crippen molar-refractivity contribution in [1.82, 2.24) is 10.6 Å². The van der Waals surface area contributed by atoms with Crippen LogP contribution in [0.3, 0.4) is 0 Å². The van der Waals surface area contributed by atoms with Crippen LogP contribution in [-0.4, -0.2) is 30.8 Å². The Morgan fingerprint density at radius 2 is 1.94 bits per heavy atom. The first-order valence-corrected chi connectivity index (χ1v) is 6.12. The van der Waals surface area contributed by atoms with Crippen molar-refractivity contribution in [3.63, 3.8) is 0 Å². The second-order valence-corrected chi connectivity index (χ2v) is 5.32. The van der Waals surface area contributed by atoms with E-state index in [0.29, 0.717) is 5.92 Å². The lowest BCUT2D eigenvalue weighted by Gasteiger charge is -2.31. The van der Waals surface area contributed by atoms with Gasteiger partial charge in [-0.2, -0.15) is 0 Å². The molecule has 1 heterocycles. The SMILES string of the molecule is CC(C)C(C)(C)OC(=O)NC1CCNCC1. The van der Waals surface area contributed by atoms with E-state index in [1.807, 2.05) is 13.8 Å². The topological polar surface area (TPSA) is 50.4 Å². The minimum Gasteiger partial charge on any atom is -0.443 e. The van der Waals surface area contributed by atoms with Crippen molar-refractivity contribution in [2.24, 2.45) is 5.92 Å². The molecule has 0 bridgehead atoms. The van der Waals surface area contributed by atoms with Crippen LogP contribution < -0.4 is 10.6 Å². The van der Waals surface area contributed by atoms with E-state index in [9.17, 15) is 4.79 Å². The Kier molecular flexibility index (Phi) is 4.59. The molecular formula is C12H24N2O2. The highest BCUT2D eigenvalue weighted by atomic mass is 16.6. The second kappa shape index (κ2) is 5.53. The molecule has 1 fully saturated rings. The van der Waals surface area contributed by atoms with E-state index in [1.54, 1.807) is 0 Å². The number of ether oxygens (including phenoxy) is 1. The molecular weight excluding hydrogens is 204 g/mol. The normalized spacial score (nSPS) is 18.6. The summed E-state index contributed by atoms with van der Waals surface area (Å²) in [7, 11) is 0. The highest BCUT2D eigenvalue weighted by molar-refractivity contribution is 5.68. The third-order valence-electron chi connectivity index (χ3n) is 3.41. The molecule has 0 unspecified atom stereocenters. The minimum atomic E-state index is -0.406. The van der Waals surface area contributed by atoms with Crippen molar-refractivity contribution in [2.45, 2.75) is 52.2 Å². The van der Waals surface area contributed by atoms with Gasteiger partial charge in [0.2, 0.25) is 0 Å². The molecule has 1 aliphatic heterocycles. The number of carbonyl (C=O) groups is 1. The highest BCUT2D eigenvalue weighted by Gasteiger charge is 2.28. The van der Waals surface area contributed by atoms with E-state index in [4.69, 9.17) is 4.74 Å². The lowest BCUT2D eigenvalue weighted by Crippen LogP contribution is -2.46. The predicted molar refractivity (Wildman–Crippen MR) is 64.4 cm³/mol.